The Labute approximate surface area is 328 Å². The minimum absolute atomic E-state index is 0.175. The molecule has 2 aromatic carbocycles. The van der Waals surface area contributed by atoms with Crippen LogP contribution in [0.15, 0.2) is 48.6 Å². The predicted octanol–water partition coefficient (Wildman–Crippen LogP) is 7.07. The smallest absolute Gasteiger partial charge is 0.264 e. The summed E-state index contributed by atoms with van der Waals surface area (Å²) in [6.45, 7) is 17.4. The van der Waals surface area contributed by atoms with E-state index in [1.807, 2.05) is 32.2 Å². The first-order valence-electron chi connectivity index (χ1n) is 20.3. The third-order valence-corrected chi connectivity index (χ3v) is 16.3. The van der Waals surface area contributed by atoms with Crippen LogP contribution >= 0.6 is 11.6 Å². The van der Waals surface area contributed by atoms with Gasteiger partial charge in [-0.15, -0.1) is 0 Å². The SMILES string of the molecule is CCC(C)(C)N1CCN(C[C@@]2(OC)/C=C/C[C@H](C)[C@@H](C)S(=O)(=O)NC(=O)c3ccc4c(c3)N(C[C@@H]3CC[C@H]32)C[C@@]2(CCCc3cc(Cl)ccc32)CO4)CC1. The summed E-state index contributed by atoms with van der Waals surface area (Å²) < 4.78 is 43.1. The Hall–Kier alpha value is -2.63. The zero-order valence-corrected chi connectivity index (χ0v) is 34.8. The number of rotatable bonds is 5. The molecule has 2 aromatic rings. The zero-order chi connectivity index (χ0) is 38.5. The Morgan fingerprint density at radius 2 is 1.85 bits per heavy atom. The number of piperazine rings is 1. The van der Waals surface area contributed by atoms with E-state index in [0.29, 0.717) is 24.5 Å². The van der Waals surface area contributed by atoms with Gasteiger partial charge in [-0.25, -0.2) is 13.1 Å². The van der Waals surface area contributed by atoms with Crippen molar-refractivity contribution in [3.8, 4) is 5.75 Å². The molecular formula is C43H61ClN4O5S. The van der Waals surface area contributed by atoms with Gasteiger partial charge in [0, 0.05) is 74.5 Å². The molecule has 0 aromatic heterocycles. The minimum atomic E-state index is -3.96. The molecule has 1 saturated heterocycles. The van der Waals surface area contributed by atoms with Gasteiger partial charge < -0.3 is 14.4 Å². The normalized spacial score (nSPS) is 32.7. The molecule has 3 heterocycles. The van der Waals surface area contributed by atoms with Crippen LogP contribution in [0.3, 0.4) is 0 Å². The number of amides is 1. The molecule has 2 bridgehead atoms. The van der Waals surface area contributed by atoms with Gasteiger partial charge in [-0.3, -0.25) is 14.6 Å². The van der Waals surface area contributed by atoms with Crippen molar-refractivity contribution in [3.63, 3.8) is 0 Å². The molecule has 0 unspecified atom stereocenters. The second kappa shape index (κ2) is 15.4. The summed E-state index contributed by atoms with van der Waals surface area (Å²) in [6.07, 6.45) is 11.2. The van der Waals surface area contributed by atoms with Crippen molar-refractivity contribution in [2.75, 3.05) is 64.4 Å². The number of nitrogens with zero attached hydrogens (tertiary/aromatic N) is 3. The highest BCUT2D eigenvalue weighted by atomic mass is 35.5. The molecule has 1 amide bonds. The number of ether oxygens (including phenoxy) is 2. The van der Waals surface area contributed by atoms with E-state index in [9.17, 15) is 13.2 Å². The number of sulfonamides is 1. The number of aryl methyl sites for hydroxylation is 1. The molecule has 1 spiro atoms. The average molecular weight is 782 g/mol. The van der Waals surface area contributed by atoms with Crippen molar-refractivity contribution in [3.05, 3.63) is 70.3 Å². The van der Waals surface area contributed by atoms with Gasteiger partial charge in [0.25, 0.3) is 5.91 Å². The van der Waals surface area contributed by atoms with E-state index in [1.54, 1.807) is 13.0 Å². The molecule has 3 aliphatic heterocycles. The largest absolute Gasteiger partial charge is 0.490 e. The Morgan fingerprint density at radius 1 is 1.07 bits per heavy atom. The number of carbonyl (C=O) groups excluding carboxylic acids is 1. The van der Waals surface area contributed by atoms with Gasteiger partial charge in [-0.05, 0) is 125 Å². The van der Waals surface area contributed by atoms with Crippen molar-refractivity contribution >= 4 is 33.2 Å². The molecule has 1 saturated carbocycles. The lowest BCUT2D eigenvalue weighted by Gasteiger charge is -2.53. The number of anilines is 1. The number of allylic oxidation sites excluding steroid dienone is 1. The third kappa shape index (κ3) is 7.59. The number of hydrogen-bond acceptors (Lipinski definition) is 8. The van der Waals surface area contributed by atoms with Crippen LogP contribution in [0.2, 0.25) is 5.02 Å². The highest BCUT2D eigenvalue weighted by Crippen LogP contribution is 2.49. The van der Waals surface area contributed by atoms with E-state index < -0.39 is 26.8 Å². The molecule has 0 radical (unpaired) electrons. The van der Waals surface area contributed by atoms with E-state index in [-0.39, 0.29) is 22.8 Å². The fraction of sp³-hybridized carbons (Fsp3) is 0.651. The molecule has 2 fully saturated rings. The first kappa shape index (κ1) is 39.6. The summed E-state index contributed by atoms with van der Waals surface area (Å²) in [5, 5.41) is -0.0255. The Morgan fingerprint density at radius 3 is 2.56 bits per heavy atom. The summed E-state index contributed by atoms with van der Waals surface area (Å²) >= 11 is 6.51. The van der Waals surface area contributed by atoms with Crippen molar-refractivity contribution < 1.29 is 22.7 Å². The van der Waals surface area contributed by atoms with E-state index in [0.717, 1.165) is 101 Å². The van der Waals surface area contributed by atoms with Crippen LogP contribution in [-0.4, -0.2) is 100 Å². The van der Waals surface area contributed by atoms with Crippen LogP contribution in [0.5, 0.6) is 5.75 Å². The molecule has 9 nitrogen and oxygen atoms in total. The van der Waals surface area contributed by atoms with E-state index in [2.05, 4.69) is 64.5 Å². The molecule has 5 aliphatic rings. The fourth-order valence-electron chi connectivity index (χ4n) is 9.89. The van der Waals surface area contributed by atoms with Crippen LogP contribution in [0.4, 0.5) is 5.69 Å². The van der Waals surface area contributed by atoms with Crippen LogP contribution in [-0.2, 0) is 26.6 Å². The van der Waals surface area contributed by atoms with Gasteiger partial charge in [-0.2, -0.15) is 0 Å². The second-order valence-corrected chi connectivity index (χ2v) is 20.1. The van der Waals surface area contributed by atoms with Crippen LogP contribution < -0.4 is 14.4 Å². The molecule has 7 rings (SSSR count). The fourth-order valence-corrected chi connectivity index (χ4v) is 11.4. The van der Waals surface area contributed by atoms with Crippen LogP contribution in [0, 0.1) is 17.8 Å². The highest BCUT2D eigenvalue weighted by Gasteiger charge is 2.50. The van der Waals surface area contributed by atoms with Gasteiger partial charge in [0.15, 0.2) is 0 Å². The summed E-state index contributed by atoms with van der Waals surface area (Å²) in [5.74, 6) is 0.496. The Kier molecular flexibility index (Phi) is 11.3. The summed E-state index contributed by atoms with van der Waals surface area (Å²) in [6, 6.07) is 11.7. The summed E-state index contributed by atoms with van der Waals surface area (Å²) in [4.78, 5) is 21.3. The van der Waals surface area contributed by atoms with Gasteiger partial charge in [0.2, 0.25) is 10.0 Å². The standard InChI is InChI=1S/C43H61ClN4O5S/c1-7-41(4,5)48-22-20-46(21-23-48)28-43(52-6)19-8-10-30(2)31(3)54(50,51)45-40(49)33-13-17-39-38(25-33)47(26-34-12-15-37(34)43)27-42(29-53-39)18-9-11-32-24-35(44)14-16-36(32)42/h8,13-14,16-17,19,24-25,30-31,34,37H,7,9-12,15,18,20-23,26-29H2,1-6H3,(H,45,49)/b19-8+/t30-,31+,34-,37+,42-,43-/m0/s1. The van der Waals surface area contributed by atoms with E-state index in [4.69, 9.17) is 21.1 Å². The summed E-state index contributed by atoms with van der Waals surface area (Å²) in [5.41, 5.74) is 3.09. The summed E-state index contributed by atoms with van der Waals surface area (Å²) in [7, 11) is -2.09. The maximum absolute atomic E-state index is 13.7. The average Bonchev–Trinajstić information content (AvgIpc) is 3.29. The number of halogens is 1. The highest BCUT2D eigenvalue weighted by molar-refractivity contribution is 7.90. The molecule has 54 heavy (non-hydrogen) atoms. The minimum Gasteiger partial charge on any atom is -0.490 e. The van der Waals surface area contributed by atoms with Crippen molar-refractivity contribution in [1.82, 2.24) is 14.5 Å². The number of hydrogen-bond donors (Lipinski definition) is 1. The Balaban J connectivity index is 1.27. The lowest BCUT2D eigenvalue weighted by molar-refractivity contribution is -0.0979. The maximum Gasteiger partial charge on any atom is 0.264 e. The zero-order valence-electron chi connectivity index (χ0n) is 33.2. The first-order valence-corrected chi connectivity index (χ1v) is 22.2. The lowest BCUT2D eigenvalue weighted by atomic mass is 9.63. The number of carbonyl (C=O) groups is 1. The number of methoxy groups -OCH3 is 1. The first-order chi connectivity index (χ1) is 25.7. The van der Waals surface area contributed by atoms with Crippen molar-refractivity contribution in [2.45, 2.75) is 101 Å². The monoisotopic (exact) mass is 780 g/mol. The predicted molar refractivity (Wildman–Crippen MR) is 217 cm³/mol. The number of benzene rings is 2. The topological polar surface area (TPSA) is 91.4 Å². The lowest BCUT2D eigenvalue weighted by Crippen LogP contribution is -2.60. The molecular weight excluding hydrogens is 720 g/mol. The molecule has 6 atom stereocenters. The molecule has 2 aliphatic carbocycles. The maximum atomic E-state index is 13.7. The van der Waals surface area contributed by atoms with Gasteiger partial charge in [-0.1, -0.05) is 43.7 Å². The van der Waals surface area contributed by atoms with E-state index >= 15 is 0 Å². The third-order valence-electron chi connectivity index (χ3n) is 14.2. The van der Waals surface area contributed by atoms with Crippen molar-refractivity contribution in [1.29, 1.82) is 0 Å². The Bertz CT molecular complexity index is 1840. The van der Waals surface area contributed by atoms with Crippen LogP contribution in [0.1, 0.15) is 94.6 Å². The van der Waals surface area contributed by atoms with Crippen molar-refractivity contribution in [2.24, 2.45) is 17.8 Å². The van der Waals surface area contributed by atoms with E-state index in [1.165, 1.54) is 11.1 Å². The molecule has 11 heteroatoms. The quantitative estimate of drug-likeness (QED) is 0.323. The molecule has 1 N–H and O–H groups in total. The van der Waals surface area contributed by atoms with Gasteiger partial charge >= 0.3 is 0 Å². The van der Waals surface area contributed by atoms with Gasteiger partial charge in [0.1, 0.15) is 11.4 Å². The van der Waals surface area contributed by atoms with Gasteiger partial charge in [0.05, 0.1) is 17.5 Å². The molecule has 296 valence electrons. The number of nitrogens with one attached hydrogen (secondary N) is 1. The second-order valence-electron chi connectivity index (χ2n) is 17.6. The number of fused-ring (bicyclic) bond motifs is 4. The van der Waals surface area contributed by atoms with Crippen LogP contribution in [0.25, 0.3) is 0 Å².